The molecule has 2 rings (SSSR count). The van der Waals surface area contributed by atoms with Gasteiger partial charge in [-0.1, -0.05) is 35.3 Å². The summed E-state index contributed by atoms with van der Waals surface area (Å²) in [5.74, 6) is 0.0437. The van der Waals surface area contributed by atoms with Crippen molar-refractivity contribution in [1.29, 1.82) is 0 Å². The van der Waals surface area contributed by atoms with Crippen molar-refractivity contribution < 1.29 is 14.3 Å². The van der Waals surface area contributed by atoms with Crippen molar-refractivity contribution in [1.82, 2.24) is 10.6 Å². The first-order valence-electron chi connectivity index (χ1n) is 8.16. The third-order valence-corrected chi connectivity index (χ3v) is 4.20. The van der Waals surface area contributed by atoms with E-state index in [2.05, 4.69) is 10.6 Å². The predicted octanol–water partition coefficient (Wildman–Crippen LogP) is 4.00. The van der Waals surface area contributed by atoms with Gasteiger partial charge in [0.05, 0.1) is 29.8 Å². The molecule has 0 saturated carbocycles. The maximum Gasteiger partial charge on any atom is 0.253 e. The van der Waals surface area contributed by atoms with E-state index in [9.17, 15) is 9.59 Å². The molecule has 26 heavy (non-hydrogen) atoms. The van der Waals surface area contributed by atoms with Crippen molar-refractivity contribution in [3.05, 3.63) is 63.6 Å². The highest BCUT2D eigenvalue weighted by atomic mass is 35.5. The summed E-state index contributed by atoms with van der Waals surface area (Å²) in [4.78, 5) is 24.2. The minimum atomic E-state index is -0.435. The van der Waals surface area contributed by atoms with Crippen molar-refractivity contribution in [2.75, 3.05) is 13.2 Å². The van der Waals surface area contributed by atoms with Crippen LogP contribution < -0.4 is 15.4 Å². The fraction of sp³-hybridized carbons (Fsp3) is 0.263. The molecule has 0 fully saturated rings. The summed E-state index contributed by atoms with van der Waals surface area (Å²) in [6.45, 7) is 4.23. The summed E-state index contributed by atoms with van der Waals surface area (Å²) in [5, 5.41) is 6.05. The van der Waals surface area contributed by atoms with E-state index in [1.807, 2.05) is 38.1 Å². The summed E-state index contributed by atoms with van der Waals surface area (Å²) >= 11 is 11.8. The maximum absolute atomic E-state index is 12.1. The molecule has 0 spiro atoms. The molecular weight excluding hydrogens is 375 g/mol. The molecule has 138 valence electrons. The average molecular weight is 395 g/mol. The summed E-state index contributed by atoms with van der Waals surface area (Å²) < 4.78 is 5.39. The monoisotopic (exact) mass is 394 g/mol. The second-order valence-electron chi connectivity index (χ2n) is 5.60. The van der Waals surface area contributed by atoms with E-state index < -0.39 is 5.91 Å². The van der Waals surface area contributed by atoms with Crippen LogP contribution in [0.1, 0.15) is 35.8 Å². The molecule has 0 bridgehead atoms. The molecule has 0 saturated heterocycles. The zero-order valence-electron chi connectivity index (χ0n) is 14.5. The van der Waals surface area contributed by atoms with E-state index in [1.165, 1.54) is 12.1 Å². The van der Waals surface area contributed by atoms with Crippen LogP contribution >= 0.6 is 23.2 Å². The third-order valence-electron chi connectivity index (χ3n) is 3.65. The number of benzene rings is 2. The highest BCUT2D eigenvalue weighted by Gasteiger charge is 2.14. The van der Waals surface area contributed by atoms with Gasteiger partial charge in [0.15, 0.2) is 0 Å². The molecule has 0 radical (unpaired) electrons. The van der Waals surface area contributed by atoms with Crippen LogP contribution in [0.4, 0.5) is 0 Å². The third kappa shape index (κ3) is 5.64. The summed E-state index contributed by atoms with van der Waals surface area (Å²) in [7, 11) is 0. The number of carbonyl (C=O) groups is 2. The Morgan fingerprint density at radius 3 is 2.42 bits per heavy atom. The van der Waals surface area contributed by atoms with E-state index in [-0.39, 0.29) is 29.1 Å². The number of hydrogen-bond acceptors (Lipinski definition) is 3. The SMILES string of the molecule is CCOc1ccc([C@H](C)NC(=O)CNC(=O)c2ccc(Cl)cc2Cl)cc1. The van der Waals surface area contributed by atoms with Crippen molar-refractivity contribution in [3.8, 4) is 5.75 Å². The topological polar surface area (TPSA) is 67.4 Å². The number of carbonyl (C=O) groups excluding carboxylic acids is 2. The molecule has 2 aromatic rings. The van der Waals surface area contributed by atoms with Crippen LogP contribution in [0.5, 0.6) is 5.75 Å². The van der Waals surface area contributed by atoms with Crippen molar-refractivity contribution in [2.45, 2.75) is 19.9 Å². The van der Waals surface area contributed by atoms with Gasteiger partial charge < -0.3 is 15.4 Å². The number of amides is 2. The molecule has 0 aliphatic carbocycles. The van der Waals surface area contributed by atoms with Gasteiger partial charge in [-0.05, 0) is 49.7 Å². The number of ether oxygens (including phenoxy) is 1. The Labute approximate surface area is 162 Å². The number of halogens is 2. The van der Waals surface area contributed by atoms with E-state index in [4.69, 9.17) is 27.9 Å². The molecule has 0 heterocycles. The van der Waals surface area contributed by atoms with Crippen molar-refractivity contribution >= 4 is 35.0 Å². The molecule has 0 aliphatic rings. The lowest BCUT2D eigenvalue weighted by atomic mass is 10.1. The Balaban J connectivity index is 1.86. The molecule has 2 amide bonds. The first kappa shape index (κ1) is 20.1. The molecule has 7 heteroatoms. The molecular formula is C19H20Cl2N2O3. The van der Waals surface area contributed by atoms with Crippen LogP contribution in [-0.4, -0.2) is 25.0 Å². The largest absolute Gasteiger partial charge is 0.494 e. The van der Waals surface area contributed by atoms with Gasteiger partial charge in [-0.2, -0.15) is 0 Å². The van der Waals surface area contributed by atoms with Crippen LogP contribution in [-0.2, 0) is 4.79 Å². The smallest absolute Gasteiger partial charge is 0.253 e. The van der Waals surface area contributed by atoms with Crippen LogP contribution in [0, 0.1) is 0 Å². The van der Waals surface area contributed by atoms with Crippen LogP contribution in [0.25, 0.3) is 0 Å². The summed E-state index contributed by atoms with van der Waals surface area (Å²) in [6.07, 6.45) is 0. The minimum absolute atomic E-state index is 0.154. The molecule has 1 atom stereocenters. The normalized spacial score (nSPS) is 11.5. The van der Waals surface area contributed by atoms with E-state index in [0.717, 1.165) is 11.3 Å². The molecule has 0 aliphatic heterocycles. The average Bonchev–Trinajstić information content (AvgIpc) is 2.60. The van der Waals surface area contributed by atoms with Gasteiger partial charge >= 0.3 is 0 Å². The second-order valence-corrected chi connectivity index (χ2v) is 6.44. The van der Waals surface area contributed by atoms with Gasteiger partial charge in [0.25, 0.3) is 5.91 Å². The maximum atomic E-state index is 12.1. The lowest BCUT2D eigenvalue weighted by molar-refractivity contribution is -0.120. The first-order chi connectivity index (χ1) is 12.4. The Morgan fingerprint density at radius 2 is 1.81 bits per heavy atom. The molecule has 5 nitrogen and oxygen atoms in total. The second kappa shape index (κ2) is 9.46. The van der Waals surface area contributed by atoms with Crippen LogP contribution in [0.2, 0.25) is 10.0 Å². The lowest BCUT2D eigenvalue weighted by Crippen LogP contribution is -2.38. The highest BCUT2D eigenvalue weighted by Crippen LogP contribution is 2.21. The molecule has 2 N–H and O–H groups in total. The Morgan fingerprint density at radius 1 is 1.12 bits per heavy atom. The number of hydrogen-bond donors (Lipinski definition) is 2. The minimum Gasteiger partial charge on any atom is -0.494 e. The van der Waals surface area contributed by atoms with E-state index in [1.54, 1.807) is 6.07 Å². The van der Waals surface area contributed by atoms with E-state index >= 15 is 0 Å². The van der Waals surface area contributed by atoms with Gasteiger partial charge in [-0.15, -0.1) is 0 Å². The van der Waals surface area contributed by atoms with Gasteiger partial charge in [-0.3, -0.25) is 9.59 Å². The van der Waals surface area contributed by atoms with Gasteiger partial charge in [-0.25, -0.2) is 0 Å². The summed E-state index contributed by atoms with van der Waals surface area (Å²) in [6, 6.07) is 11.8. The van der Waals surface area contributed by atoms with Gasteiger partial charge in [0, 0.05) is 5.02 Å². The fourth-order valence-electron chi connectivity index (χ4n) is 2.32. The van der Waals surface area contributed by atoms with Crippen molar-refractivity contribution in [3.63, 3.8) is 0 Å². The lowest BCUT2D eigenvalue weighted by Gasteiger charge is -2.15. The molecule has 0 unspecified atom stereocenters. The zero-order valence-corrected chi connectivity index (χ0v) is 16.0. The Kier molecular flexibility index (Phi) is 7.30. The van der Waals surface area contributed by atoms with Gasteiger partial charge in [0.1, 0.15) is 5.75 Å². The standard InChI is InChI=1S/C19H20Cl2N2O3/c1-3-26-15-7-4-13(5-8-15)12(2)23-18(24)11-22-19(25)16-9-6-14(20)10-17(16)21/h4-10,12H,3,11H2,1-2H3,(H,22,25)(H,23,24)/t12-/m0/s1. The highest BCUT2D eigenvalue weighted by molar-refractivity contribution is 6.36. The molecule has 0 aromatic heterocycles. The fourth-order valence-corrected chi connectivity index (χ4v) is 2.82. The van der Waals surface area contributed by atoms with Crippen LogP contribution in [0.15, 0.2) is 42.5 Å². The predicted molar refractivity (Wildman–Crippen MR) is 103 cm³/mol. The summed E-state index contributed by atoms with van der Waals surface area (Å²) in [5.41, 5.74) is 1.21. The van der Waals surface area contributed by atoms with E-state index in [0.29, 0.717) is 11.6 Å². The number of nitrogens with one attached hydrogen (secondary N) is 2. The van der Waals surface area contributed by atoms with Crippen LogP contribution in [0.3, 0.4) is 0 Å². The number of rotatable bonds is 7. The quantitative estimate of drug-likeness (QED) is 0.745. The molecule has 2 aromatic carbocycles. The zero-order chi connectivity index (χ0) is 19.1. The van der Waals surface area contributed by atoms with Gasteiger partial charge in [0.2, 0.25) is 5.91 Å². The van der Waals surface area contributed by atoms with Crippen molar-refractivity contribution in [2.24, 2.45) is 0 Å². The Bertz CT molecular complexity index is 779. The Hall–Kier alpha value is -2.24. The first-order valence-corrected chi connectivity index (χ1v) is 8.91.